The van der Waals surface area contributed by atoms with Crippen molar-refractivity contribution in [2.45, 2.75) is 94.8 Å². The summed E-state index contributed by atoms with van der Waals surface area (Å²) in [7, 11) is -2.82. The van der Waals surface area contributed by atoms with Gasteiger partial charge in [-0.1, -0.05) is 44.0 Å². The van der Waals surface area contributed by atoms with Crippen LogP contribution in [0.1, 0.15) is 91.4 Å². The van der Waals surface area contributed by atoms with Crippen molar-refractivity contribution in [2.24, 2.45) is 13.0 Å². The number of aryl methyl sites for hydroxylation is 1. The summed E-state index contributed by atoms with van der Waals surface area (Å²) in [5, 5.41) is 16.0. The number of hydrogen-bond donors (Lipinski definition) is 2. The number of nitrogens with zero attached hydrogens (tertiary/aromatic N) is 4. The smallest absolute Gasteiger partial charge is 0.355 e. The van der Waals surface area contributed by atoms with Crippen LogP contribution in [-0.2, 0) is 30.7 Å². The second kappa shape index (κ2) is 18.7. The second-order valence-electron chi connectivity index (χ2n) is 16.1. The number of para-hydroxylation sites is 1. The van der Waals surface area contributed by atoms with E-state index in [2.05, 4.69) is 16.5 Å². The van der Waals surface area contributed by atoms with Crippen molar-refractivity contribution in [2.75, 3.05) is 19.7 Å². The lowest BCUT2D eigenvalue weighted by atomic mass is 9.91. The number of rotatable bonds is 13. The number of carbonyl (C=O) groups excluding carboxylic acids is 4. The van der Waals surface area contributed by atoms with Crippen LogP contribution in [0.3, 0.4) is 0 Å². The van der Waals surface area contributed by atoms with E-state index < -0.39 is 49.4 Å². The molecule has 7 rings (SSSR count). The third-order valence-electron chi connectivity index (χ3n) is 11.8. The molecule has 3 aliphatic heterocycles. The molecule has 14 nitrogen and oxygen atoms in total. The number of fused-ring (bicyclic) bond motifs is 2. The predicted octanol–water partition coefficient (Wildman–Crippen LogP) is 6.57. The highest BCUT2D eigenvalue weighted by molar-refractivity contribution is 7.57. The van der Waals surface area contributed by atoms with Gasteiger partial charge in [-0.05, 0) is 91.9 Å². The molecule has 0 spiro atoms. The number of esters is 1. The van der Waals surface area contributed by atoms with Crippen molar-refractivity contribution in [3.63, 3.8) is 0 Å². The Morgan fingerprint density at radius 1 is 1.02 bits per heavy atom. The lowest BCUT2D eigenvalue weighted by Gasteiger charge is -2.36. The number of carbonyl (C=O) groups is 4. The number of aromatic nitrogens is 1. The first-order valence-corrected chi connectivity index (χ1v) is 23.3. The van der Waals surface area contributed by atoms with Gasteiger partial charge in [0, 0.05) is 49.1 Å². The SMILES string of the molecule is CCCOC(=O)[C@H](C)NP(=O)(Oc1ccccc1)C(F)c1ccc2sc(C(=O)N[C@H]3CCCC[C@H]4CC[C@@H](C(=O)N5C[C@H](c6ccn(C)c(=O)c6)[C@@H](C#N)C5)N4C3=O)cc2c1. The minimum absolute atomic E-state index is 0.00238. The molecule has 17 heteroatoms. The van der Waals surface area contributed by atoms with Gasteiger partial charge in [0.25, 0.3) is 11.5 Å². The summed E-state index contributed by atoms with van der Waals surface area (Å²) in [5.41, 5.74) is 0.503. The van der Waals surface area contributed by atoms with Crippen LogP contribution in [0.5, 0.6) is 5.75 Å². The summed E-state index contributed by atoms with van der Waals surface area (Å²) in [6, 6.07) is 16.9. The van der Waals surface area contributed by atoms with Crippen molar-refractivity contribution in [1.29, 1.82) is 5.26 Å². The fourth-order valence-corrected chi connectivity index (χ4v) is 11.4. The highest BCUT2D eigenvalue weighted by Gasteiger charge is 2.48. The van der Waals surface area contributed by atoms with Gasteiger partial charge in [-0.15, -0.1) is 11.3 Å². The van der Waals surface area contributed by atoms with Crippen molar-refractivity contribution in [1.82, 2.24) is 24.8 Å². The average molecular weight is 873 g/mol. The van der Waals surface area contributed by atoms with Gasteiger partial charge in [0.2, 0.25) is 17.7 Å². The molecule has 2 unspecified atom stereocenters. The van der Waals surface area contributed by atoms with E-state index in [4.69, 9.17) is 9.26 Å². The first-order chi connectivity index (χ1) is 29.3. The Bertz CT molecular complexity index is 2440. The van der Waals surface area contributed by atoms with E-state index in [0.29, 0.717) is 47.8 Å². The highest BCUT2D eigenvalue weighted by Crippen LogP contribution is 2.58. The van der Waals surface area contributed by atoms with Gasteiger partial charge in [0.1, 0.15) is 23.9 Å². The van der Waals surface area contributed by atoms with E-state index in [-0.39, 0.29) is 65.2 Å². The summed E-state index contributed by atoms with van der Waals surface area (Å²) in [6.45, 7) is 3.85. The van der Waals surface area contributed by atoms with Crippen LogP contribution in [-0.4, -0.2) is 81.9 Å². The molecule has 0 aliphatic carbocycles. The molecule has 3 amide bonds. The van der Waals surface area contributed by atoms with Crippen LogP contribution in [0.4, 0.5) is 4.39 Å². The number of likely N-dealkylation sites (tertiary alicyclic amines) is 1. The van der Waals surface area contributed by atoms with Crippen molar-refractivity contribution >= 4 is 52.6 Å². The number of ether oxygens (including phenoxy) is 1. The Labute approximate surface area is 357 Å². The van der Waals surface area contributed by atoms with E-state index in [9.17, 15) is 33.8 Å². The van der Waals surface area contributed by atoms with E-state index in [0.717, 1.165) is 24.2 Å². The van der Waals surface area contributed by atoms with Crippen LogP contribution >= 0.6 is 18.9 Å². The summed E-state index contributed by atoms with van der Waals surface area (Å²) in [4.78, 5) is 71.0. The predicted molar refractivity (Wildman–Crippen MR) is 228 cm³/mol. The van der Waals surface area contributed by atoms with E-state index in [1.165, 1.54) is 41.8 Å². The fourth-order valence-electron chi connectivity index (χ4n) is 8.54. The molecule has 8 atom stereocenters. The molecule has 2 aromatic carbocycles. The summed E-state index contributed by atoms with van der Waals surface area (Å²) < 4.78 is 43.9. The molecule has 5 heterocycles. The van der Waals surface area contributed by atoms with Gasteiger partial charge in [-0.2, -0.15) is 5.26 Å². The Morgan fingerprint density at radius 3 is 2.52 bits per heavy atom. The highest BCUT2D eigenvalue weighted by atomic mass is 32.1. The van der Waals surface area contributed by atoms with Crippen LogP contribution in [0.15, 0.2) is 77.7 Å². The number of benzene rings is 2. The number of nitrogens with one attached hydrogen (secondary N) is 2. The maximum Gasteiger partial charge on any atom is 0.355 e. The molecule has 2 aromatic heterocycles. The number of halogens is 1. The van der Waals surface area contributed by atoms with Gasteiger partial charge in [-0.25, -0.2) is 9.48 Å². The van der Waals surface area contributed by atoms with E-state index in [1.807, 2.05) is 6.92 Å². The molecule has 61 heavy (non-hydrogen) atoms. The minimum atomic E-state index is -4.47. The molecular weight excluding hydrogens is 823 g/mol. The maximum absolute atomic E-state index is 16.5. The number of amides is 3. The fraction of sp³-hybridized carbons (Fsp3) is 0.455. The lowest BCUT2D eigenvalue weighted by Crippen LogP contribution is -2.56. The number of alkyl halides is 1. The van der Waals surface area contributed by atoms with E-state index in [1.54, 1.807) is 59.4 Å². The van der Waals surface area contributed by atoms with Crippen molar-refractivity contribution in [3.8, 4) is 11.8 Å². The molecule has 2 N–H and O–H groups in total. The number of hydrogen-bond acceptors (Lipinski definition) is 10. The van der Waals surface area contributed by atoms with Crippen LogP contribution in [0.2, 0.25) is 0 Å². The number of nitriles is 1. The lowest BCUT2D eigenvalue weighted by molar-refractivity contribution is -0.146. The Balaban J connectivity index is 1.07. The molecule has 4 aromatic rings. The summed E-state index contributed by atoms with van der Waals surface area (Å²) >= 11 is 1.16. The Kier molecular flexibility index (Phi) is 13.4. The standard InChI is InChI=1S/C44H50FN6O8PS/c1-4-20-58-44(56)27(2)48-60(57,59-33-11-6-5-7-12-33)40(45)29-14-17-37-30(21-29)22-38(61-37)41(53)47-35-13-9-8-10-32-15-16-36(51(32)42(35)54)43(55)50-25-31(24-46)34(26-50)28-18-19-49(3)39(52)23-28/h5-7,11-12,14,17-19,21-23,27,31-32,34-36,40H,4,8-10,13,15-16,20,25-26H2,1-3H3,(H,47,53)(H,48,57)/t27-,31-,32-,34+,35-,36-,40?,60?/m0/s1. The molecule has 0 bridgehead atoms. The Hall–Kier alpha value is -5.36. The zero-order valence-corrected chi connectivity index (χ0v) is 36.0. The largest absolute Gasteiger partial charge is 0.465 e. The van der Waals surface area contributed by atoms with Gasteiger partial charge >= 0.3 is 13.5 Å². The van der Waals surface area contributed by atoms with Gasteiger partial charge < -0.3 is 28.9 Å². The second-order valence-corrected chi connectivity index (χ2v) is 19.2. The zero-order chi connectivity index (χ0) is 43.4. The molecular formula is C44H50FN6O8PS. The van der Waals surface area contributed by atoms with E-state index >= 15 is 4.39 Å². The molecule has 3 aliphatic rings. The zero-order valence-electron chi connectivity index (χ0n) is 34.3. The third kappa shape index (κ3) is 9.44. The third-order valence-corrected chi connectivity index (χ3v) is 15.0. The van der Waals surface area contributed by atoms with Gasteiger partial charge in [-0.3, -0.25) is 28.5 Å². The number of pyridine rings is 1. The number of thiophene rings is 1. The Morgan fingerprint density at radius 2 is 1.79 bits per heavy atom. The monoisotopic (exact) mass is 872 g/mol. The molecule has 322 valence electrons. The maximum atomic E-state index is 16.5. The average Bonchev–Trinajstić information content (AvgIpc) is 4.00. The summed E-state index contributed by atoms with van der Waals surface area (Å²) in [6.07, 6.45) is 5.98. The molecule has 3 saturated heterocycles. The quantitative estimate of drug-likeness (QED) is 0.110. The molecule has 0 radical (unpaired) electrons. The molecule has 3 fully saturated rings. The van der Waals surface area contributed by atoms with Gasteiger partial charge in [0.05, 0.1) is 23.5 Å². The summed E-state index contributed by atoms with van der Waals surface area (Å²) in [5.74, 6) is -4.68. The first kappa shape index (κ1) is 43.7. The van der Waals surface area contributed by atoms with Crippen LogP contribution in [0, 0.1) is 17.2 Å². The van der Waals surface area contributed by atoms with Crippen LogP contribution in [0.25, 0.3) is 10.1 Å². The normalized spacial score (nSPS) is 23.5. The minimum Gasteiger partial charge on any atom is -0.465 e. The van der Waals surface area contributed by atoms with Crippen molar-refractivity contribution < 1.29 is 37.4 Å². The van der Waals surface area contributed by atoms with Crippen molar-refractivity contribution in [3.05, 3.63) is 99.3 Å². The van der Waals surface area contributed by atoms with Gasteiger partial charge in [0.15, 0.2) is 0 Å². The topological polar surface area (TPSA) is 180 Å². The molecule has 0 saturated carbocycles. The van der Waals surface area contributed by atoms with Crippen LogP contribution < -0.4 is 20.5 Å². The first-order valence-electron chi connectivity index (χ1n) is 20.7.